The highest BCUT2D eigenvalue weighted by Crippen LogP contribution is 2.59. The second kappa shape index (κ2) is 7.98. The Hall–Kier alpha value is -3.20. The Labute approximate surface area is 191 Å². The predicted molar refractivity (Wildman–Crippen MR) is 122 cm³/mol. The van der Waals surface area contributed by atoms with Crippen molar-refractivity contribution in [2.75, 3.05) is 25.9 Å². The van der Waals surface area contributed by atoms with Gasteiger partial charge in [0.2, 0.25) is 0 Å². The van der Waals surface area contributed by atoms with E-state index in [1.807, 2.05) is 4.90 Å². The van der Waals surface area contributed by atoms with E-state index in [1.54, 1.807) is 36.7 Å². The fraction of sp³-hybridized carbons (Fsp3) is 0.375. The molecular weight excluding hydrogens is 442 g/mol. The Bertz CT molecular complexity index is 1290. The molecule has 1 saturated carbocycles. The molecule has 5 rings (SSSR count). The van der Waals surface area contributed by atoms with Gasteiger partial charge in [0.1, 0.15) is 0 Å². The fourth-order valence-corrected chi connectivity index (χ4v) is 5.45. The van der Waals surface area contributed by atoms with E-state index in [-0.39, 0.29) is 27.9 Å². The first-order valence-corrected chi connectivity index (χ1v) is 12.9. The molecule has 0 bridgehead atoms. The molecule has 33 heavy (non-hydrogen) atoms. The third kappa shape index (κ3) is 4.25. The van der Waals surface area contributed by atoms with Gasteiger partial charge in [-0.25, -0.2) is 8.42 Å². The number of aromatic nitrogens is 1. The number of nitrogens with one attached hydrogen (secondary N) is 1. The first-order chi connectivity index (χ1) is 15.7. The zero-order chi connectivity index (χ0) is 23.2. The van der Waals surface area contributed by atoms with Crippen molar-refractivity contribution >= 4 is 32.6 Å². The fourth-order valence-electron chi connectivity index (χ4n) is 4.81. The molecule has 1 aromatic carbocycles. The van der Waals surface area contributed by atoms with Crippen LogP contribution in [0.3, 0.4) is 0 Å². The standard InChI is InChI=1S/C24H25N3O5S/c1-33(30,31)19-4-2-16(3-5-19)23(29)27-10-7-24(8-11-27)13-18(24)14-26-22(28)20-12-17-6-9-25-15-21(17)32-20/h2-6,9,12,15,18H,7-8,10-11,13-14H2,1H3,(H,26,28). The zero-order valence-electron chi connectivity index (χ0n) is 18.3. The van der Waals surface area contributed by atoms with E-state index >= 15 is 0 Å². The number of hydrogen-bond donors (Lipinski definition) is 1. The number of carbonyl (C=O) groups is 2. The minimum atomic E-state index is -3.28. The maximum atomic E-state index is 12.8. The van der Waals surface area contributed by atoms with E-state index in [0.29, 0.717) is 36.7 Å². The molecule has 3 aromatic rings. The van der Waals surface area contributed by atoms with Gasteiger partial charge in [-0.05, 0) is 67.0 Å². The highest BCUT2D eigenvalue weighted by atomic mass is 32.2. The van der Waals surface area contributed by atoms with Crippen LogP contribution in [-0.4, -0.2) is 56.0 Å². The van der Waals surface area contributed by atoms with Gasteiger partial charge in [0.25, 0.3) is 11.8 Å². The molecule has 0 radical (unpaired) electrons. The van der Waals surface area contributed by atoms with Crippen molar-refractivity contribution < 1.29 is 22.4 Å². The van der Waals surface area contributed by atoms with Crippen molar-refractivity contribution in [2.24, 2.45) is 11.3 Å². The molecule has 172 valence electrons. The van der Waals surface area contributed by atoms with Gasteiger partial charge in [-0.3, -0.25) is 14.6 Å². The van der Waals surface area contributed by atoms with Crippen LogP contribution in [-0.2, 0) is 9.84 Å². The smallest absolute Gasteiger partial charge is 0.287 e. The lowest BCUT2D eigenvalue weighted by Crippen LogP contribution is -2.40. The molecule has 8 nitrogen and oxygen atoms in total. The van der Waals surface area contributed by atoms with E-state index in [1.165, 1.54) is 12.1 Å². The molecule has 2 amide bonds. The summed E-state index contributed by atoms with van der Waals surface area (Å²) in [7, 11) is -3.28. The largest absolute Gasteiger partial charge is 0.449 e. The number of fused-ring (bicyclic) bond motifs is 1. The number of piperidine rings is 1. The first-order valence-electron chi connectivity index (χ1n) is 11.0. The molecule has 1 unspecified atom stereocenters. The lowest BCUT2D eigenvalue weighted by atomic mass is 9.90. The van der Waals surface area contributed by atoms with E-state index in [4.69, 9.17) is 4.42 Å². The molecule has 1 saturated heterocycles. The van der Waals surface area contributed by atoms with Crippen LogP contribution >= 0.6 is 0 Å². The van der Waals surface area contributed by atoms with Gasteiger partial charge in [-0.2, -0.15) is 0 Å². The molecular formula is C24H25N3O5S. The van der Waals surface area contributed by atoms with Crippen molar-refractivity contribution in [1.29, 1.82) is 0 Å². The van der Waals surface area contributed by atoms with Gasteiger partial charge in [0.05, 0.1) is 11.1 Å². The van der Waals surface area contributed by atoms with E-state index in [2.05, 4.69) is 10.3 Å². The van der Waals surface area contributed by atoms with Crippen LogP contribution in [0, 0.1) is 11.3 Å². The van der Waals surface area contributed by atoms with E-state index in [9.17, 15) is 18.0 Å². The van der Waals surface area contributed by atoms with Gasteiger partial charge in [0, 0.05) is 43.0 Å². The predicted octanol–water partition coefficient (Wildman–Crippen LogP) is 2.90. The summed E-state index contributed by atoms with van der Waals surface area (Å²) >= 11 is 0. The number of pyridine rings is 1. The number of amides is 2. The van der Waals surface area contributed by atoms with E-state index < -0.39 is 9.84 Å². The number of nitrogens with zero attached hydrogens (tertiary/aromatic N) is 2. The maximum absolute atomic E-state index is 12.8. The molecule has 3 heterocycles. The maximum Gasteiger partial charge on any atom is 0.287 e. The highest BCUT2D eigenvalue weighted by molar-refractivity contribution is 7.90. The first kappa shape index (κ1) is 21.6. The number of carbonyl (C=O) groups excluding carboxylic acids is 2. The van der Waals surface area contributed by atoms with Gasteiger partial charge in [-0.15, -0.1) is 0 Å². The summed E-state index contributed by atoms with van der Waals surface area (Å²) in [5, 5.41) is 3.84. The Morgan fingerprint density at radius 3 is 2.58 bits per heavy atom. The molecule has 9 heteroatoms. The summed E-state index contributed by atoms with van der Waals surface area (Å²) in [6, 6.07) is 9.64. The van der Waals surface area contributed by atoms with Crippen molar-refractivity contribution in [2.45, 2.75) is 24.2 Å². The number of furan rings is 1. The van der Waals surface area contributed by atoms with Crippen LogP contribution in [0.5, 0.6) is 0 Å². The van der Waals surface area contributed by atoms with Crippen LogP contribution < -0.4 is 5.32 Å². The molecule has 2 aromatic heterocycles. The van der Waals surface area contributed by atoms with Crippen molar-refractivity contribution in [3.63, 3.8) is 0 Å². The van der Waals surface area contributed by atoms with Crippen LogP contribution in [0.25, 0.3) is 11.0 Å². The normalized spacial score (nSPS) is 19.5. The Morgan fingerprint density at radius 2 is 1.91 bits per heavy atom. The van der Waals surface area contributed by atoms with Crippen LogP contribution in [0.2, 0.25) is 0 Å². The number of sulfone groups is 1. The lowest BCUT2D eigenvalue weighted by Gasteiger charge is -2.33. The van der Waals surface area contributed by atoms with E-state index in [0.717, 1.165) is 30.9 Å². The Kier molecular flexibility index (Phi) is 5.23. The van der Waals surface area contributed by atoms with Crippen LogP contribution in [0.15, 0.2) is 58.1 Å². The SMILES string of the molecule is CS(=O)(=O)c1ccc(C(=O)N2CCC3(CC2)CC3CNC(=O)c2cc3ccncc3o2)cc1. The Morgan fingerprint density at radius 1 is 1.18 bits per heavy atom. The average Bonchev–Trinajstić information content (AvgIpc) is 3.28. The van der Waals surface area contributed by atoms with Crippen molar-refractivity contribution in [1.82, 2.24) is 15.2 Å². The second-order valence-electron chi connectivity index (χ2n) is 9.09. The minimum Gasteiger partial charge on any atom is -0.449 e. The third-order valence-corrected chi connectivity index (χ3v) is 8.12. The Balaban J connectivity index is 1.13. The number of benzene rings is 1. The molecule has 1 atom stereocenters. The summed E-state index contributed by atoms with van der Waals surface area (Å²) in [6.07, 6.45) is 7.25. The van der Waals surface area contributed by atoms with Gasteiger partial charge < -0.3 is 14.6 Å². The number of rotatable bonds is 5. The molecule has 2 fully saturated rings. The summed E-state index contributed by atoms with van der Waals surface area (Å²) in [5.74, 6) is 0.391. The third-order valence-electron chi connectivity index (χ3n) is 6.99. The topological polar surface area (TPSA) is 110 Å². The summed E-state index contributed by atoms with van der Waals surface area (Å²) in [5.41, 5.74) is 1.27. The summed E-state index contributed by atoms with van der Waals surface area (Å²) < 4.78 is 28.8. The monoisotopic (exact) mass is 467 g/mol. The molecule has 1 aliphatic heterocycles. The molecule has 1 aliphatic carbocycles. The van der Waals surface area contributed by atoms with Crippen molar-refractivity contribution in [3.05, 3.63) is 60.1 Å². The van der Waals surface area contributed by atoms with Gasteiger partial charge >= 0.3 is 0 Å². The molecule has 2 aliphatic rings. The molecule has 1 spiro atoms. The van der Waals surface area contributed by atoms with Gasteiger partial charge in [-0.1, -0.05) is 0 Å². The summed E-state index contributed by atoms with van der Waals surface area (Å²) in [6.45, 7) is 1.91. The second-order valence-corrected chi connectivity index (χ2v) is 11.1. The van der Waals surface area contributed by atoms with Crippen LogP contribution in [0.4, 0.5) is 0 Å². The molecule has 1 N–H and O–H groups in total. The van der Waals surface area contributed by atoms with Gasteiger partial charge in [0.15, 0.2) is 21.2 Å². The minimum absolute atomic E-state index is 0.0743. The number of hydrogen-bond acceptors (Lipinski definition) is 6. The quantitative estimate of drug-likeness (QED) is 0.618. The highest BCUT2D eigenvalue weighted by Gasteiger charge is 2.54. The van der Waals surface area contributed by atoms with Crippen LogP contribution in [0.1, 0.15) is 40.2 Å². The number of likely N-dealkylation sites (tertiary alicyclic amines) is 1. The zero-order valence-corrected chi connectivity index (χ0v) is 19.1. The van der Waals surface area contributed by atoms with Crippen molar-refractivity contribution in [3.8, 4) is 0 Å². The lowest BCUT2D eigenvalue weighted by molar-refractivity contribution is 0.0668. The average molecular weight is 468 g/mol. The summed E-state index contributed by atoms with van der Waals surface area (Å²) in [4.78, 5) is 31.3.